The van der Waals surface area contributed by atoms with E-state index in [1.165, 1.54) is 0 Å². The Kier molecular flexibility index (Phi) is 11.2. The van der Waals surface area contributed by atoms with Crippen LogP contribution in [-0.2, 0) is 14.3 Å². The predicted molar refractivity (Wildman–Crippen MR) is 96.2 cm³/mol. The Labute approximate surface area is 146 Å². The number of ether oxygens (including phenoxy) is 2. The second-order valence-corrected chi connectivity index (χ2v) is 6.29. The van der Waals surface area contributed by atoms with E-state index >= 15 is 0 Å². The summed E-state index contributed by atoms with van der Waals surface area (Å²) in [5.41, 5.74) is 0. The van der Waals surface area contributed by atoms with Crippen molar-refractivity contribution in [1.82, 2.24) is 16.0 Å². The van der Waals surface area contributed by atoms with Gasteiger partial charge in [-0.2, -0.15) is 0 Å². The number of nitrogens with one attached hydrogen (secondary N) is 3. The first kappa shape index (κ1) is 20.7. The van der Waals surface area contributed by atoms with Gasteiger partial charge in [0.15, 0.2) is 5.96 Å². The monoisotopic (exact) mass is 342 g/mol. The number of nitrogens with zero attached hydrogens (tertiary/aromatic N) is 1. The van der Waals surface area contributed by atoms with Gasteiger partial charge in [-0.3, -0.25) is 9.79 Å². The minimum Gasteiger partial charge on any atom is -0.381 e. The summed E-state index contributed by atoms with van der Waals surface area (Å²) in [6, 6.07) is 0. The molecular formula is C17H34N4O3. The third-order valence-electron chi connectivity index (χ3n) is 3.68. The van der Waals surface area contributed by atoms with Crippen molar-refractivity contribution in [3.8, 4) is 0 Å². The molecule has 1 aliphatic heterocycles. The first-order chi connectivity index (χ1) is 11.6. The van der Waals surface area contributed by atoms with E-state index in [9.17, 15) is 4.79 Å². The number of carbonyl (C=O) groups excluding carboxylic acids is 1. The van der Waals surface area contributed by atoms with E-state index in [4.69, 9.17) is 9.47 Å². The van der Waals surface area contributed by atoms with Crippen LogP contribution in [0.4, 0.5) is 0 Å². The van der Waals surface area contributed by atoms with Crippen LogP contribution in [0, 0.1) is 11.8 Å². The maximum absolute atomic E-state index is 11.5. The molecule has 0 bridgehead atoms. The Morgan fingerprint density at radius 2 is 2.08 bits per heavy atom. The van der Waals surface area contributed by atoms with Gasteiger partial charge in [-0.05, 0) is 19.8 Å². The number of aliphatic imine (C=N–C) groups is 1. The molecule has 1 amide bonds. The first-order valence-electron chi connectivity index (χ1n) is 9.08. The standard InChI is InChI=1S/C17H34N4O3/c1-4-18-17(21-9-8-19-16(22)14(2)3)20-7-5-10-23-12-15-6-11-24-13-15/h14-15H,4-13H2,1-3H3,(H,19,22)(H2,18,20,21). The highest BCUT2D eigenvalue weighted by molar-refractivity contribution is 5.80. The Hall–Kier alpha value is -1.34. The van der Waals surface area contributed by atoms with Gasteiger partial charge in [0.25, 0.3) is 0 Å². The van der Waals surface area contributed by atoms with Gasteiger partial charge in [0.05, 0.1) is 13.2 Å². The second-order valence-electron chi connectivity index (χ2n) is 6.29. The van der Waals surface area contributed by atoms with Gasteiger partial charge < -0.3 is 25.4 Å². The molecule has 140 valence electrons. The van der Waals surface area contributed by atoms with Gasteiger partial charge in [-0.15, -0.1) is 0 Å². The zero-order valence-corrected chi connectivity index (χ0v) is 15.4. The maximum Gasteiger partial charge on any atom is 0.222 e. The second kappa shape index (κ2) is 13.0. The van der Waals surface area contributed by atoms with Gasteiger partial charge in [0.2, 0.25) is 5.91 Å². The predicted octanol–water partition coefficient (Wildman–Crippen LogP) is 0.757. The molecular weight excluding hydrogens is 308 g/mol. The Bertz CT molecular complexity index is 369. The Morgan fingerprint density at radius 1 is 1.29 bits per heavy atom. The zero-order valence-electron chi connectivity index (χ0n) is 15.4. The van der Waals surface area contributed by atoms with Crippen LogP contribution >= 0.6 is 0 Å². The average Bonchev–Trinajstić information content (AvgIpc) is 3.07. The summed E-state index contributed by atoms with van der Waals surface area (Å²) in [6.07, 6.45) is 2.01. The summed E-state index contributed by atoms with van der Waals surface area (Å²) in [6.45, 7) is 11.8. The summed E-state index contributed by atoms with van der Waals surface area (Å²) in [7, 11) is 0. The van der Waals surface area contributed by atoms with Crippen LogP contribution in [0.1, 0.15) is 33.6 Å². The lowest BCUT2D eigenvalue weighted by Gasteiger charge is -2.13. The summed E-state index contributed by atoms with van der Waals surface area (Å²) < 4.78 is 11.0. The molecule has 1 aliphatic rings. The number of rotatable bonds is 11. The van der Waals surface area contributed by atoms with Gasteiger partial charge in [-0.25, -0.2) is 0 Å². The Balaban J connectivity index is 2.08. The van der Waals surface area contributed by atoms with Crippen LogP contribution in [0.5, 0.6) is 0 Å². The molecule has 3 N–H and O–H groups in total. The molecule has 24 heavy (non-hydrogen) atoms. The van der Waals surface area contributed by atoms with E-state index in [1.807, 2.05) is 20.8 Å². The van der Waals surface area contributed by atoms with Gasteiger partial charge >= 0.3 is 0 Å². The lowest BCUT2D eigenvalue weighted by atomic mass is 10.1. The van der Waals surface area contributed by atoms with E-state index in [0.29, 0.717) is 19.0 Å². The molecule has 7 heteroatoms. The van der Waals surface area contributed by atoms with Gasteiger partial charge in [0.1, 0.15) is 0 Å². The van der Waals surface area contributed by atoms with Crippen LogP contribution in [0.15, 0.2) is 4.99 Å². The minimum absolute atomic E-state index is 0.0164. The molecule has 0 aromatic carbocycles. The van der Waals surface area contributed by atoms with Crippen LogP contribution in [0.3, 0.4) is 0 Å². The molecule has 0 aromatic heterocycles. The van der Waals surface area contributed by atoms with Crippen molar-refractivity contribution in [2.24, 2.45) is 16.8 Å². The lowest BCUT2D eigenvalue weighted by Crippen LogP contribution is -2.42. The lowest BCUT2D eigenvalue weighted by molar-refractivity contribution is -0.123. The SMILES string of the molecule is CCNC(=NCCCOCC1CCOC1)NCCNC(=O)C(C)C. The van der Waals surface area contributed by atoms with Crippen molar-refractivity contribution in [1.29, 1.82) is 0 Å². The number of guanidine groups is 1. The molecule has 1 atom stereocenters. The third kappa shape index (κ3) is 9.72. The van der Waals surface area contributed by atoms with E-state index in [2.05, 4.69) is 20.9 Å². The van der Waals surface area contributed by atoms with Crippen molar-refractivity contribution < 1.29 is 14.3 Å². The molecule has 0 aliphatic carbocycles. The fourth-order valence-electron chi connectivity index (χ4n) is 2.23. The molecule has 0 radical (unpaired) electrons. The van der Waals surface area contributed by atoms with Gasteiger partial charge in [-0.1, -0.05) is 13.8 Å². The molecule has 1 unspecified atom stereocenters. The molecule has 7 nitrogen and oxygen atoms in total. The van der Waals surface area contributed by atoms with Crippen molar-refractivity contribution in [3.05, 3.63) is 0 Å². The quantitative estimate of drug-likeness (QED) is 0.293. The topological polar surface area (TPSA) is 84.0 Å². The van der Waals surface area contributed by atoms with Crippen molar-refractivity contribution in [3.63, 3.8) is 0 Å². The smallest absolute Gasteiger partial charge is 0.222 e. The van der Waals surface area contributed by atoms with Crippen molar-refractivity contribution in [2.75, 3.05) is 52.6 Å². The number of hydrogen-bond acceptors (Lipinski definition) is 4. The van der Waals surface area contributed by atoms with E-state index in [1.54, 1.807) is 0 Å². The summed E-state index contributed by atoms with van der Waals surface area (Å²) in [4.78, 5) is 16.0. The first-order valence-corrected chi connectivity index (χ1v) is 9.08. The average molecular weight is 342 g/mol. The number of carbonyl (C=O) groups is 1. The summed E-state index contributed by atoms with van der Waals surface area (Å²) >= 11 is 0. The molecule has 0 spiro atoms. The normalized spacial score (nSPS) is 18.0. The van der Waals surface area contributed by atoms with Crippen LogP contribution in [-0.4, -0.2) is 64.5 Å². The fraction of sp³-hybridized carbons (Fsp3) is 0.882. The Morgan fingerprint density at radius 3 is 2.75 bits per heavy atom. The van der Waals surface area contributed by atoms with Crippen LogP contribution in [0.25, 0.3) is 0 Å². The molecule has 0 aromatic rings. The van der Waals surface area contributed by atoms with E-state index in [0.717, 1.165) is 58.3 Å². The molecule has 1 rings (SSSR count). The molecule has 1 saturated heterocycles. The highest BCUT2D eigenvalue weighted by Gasteiger charge is 2.15. The minimum atomic E-state index is 0.0164. The number of hydrogen-bond donors (Lipinski definition) is 3. The van der Waals surface area contributed by atoms with Crippen molar-refractivity contribution >= 4 is 11.9 Å². The van der Waals surface area contributed by atoms with Crippen LogP contribution in [0.2, 0.25) is 0 Å². The largest absolute Gasteiger partial charge is 0.381 e. The van der Waals surface area contributed by atoms with E-state index in [-0.39, 0.29) is 11.8 Å². The zero-order chi connectivity index (χ0) is 17.6. The third-order valence-corrected chi connectivity index (χ3v) is 3.68. The maximum atomic E-state index is 11.5. The summed E-state index contributed by atoms with van der Waals surface area (Å²) in [5, 5.41) is 9.29. The van der Waals surface area contributed by atoms with Crippen molar-refractivity contribution in [2.45, 2.75) is 33.6 Å². The molecule has 1 heterocycles. The fourth-order valence-corrected chi connectivity index (χ4v) is 2.23. The highest BCUT2D eigenvalue weighted by Crippen LogP contribution is 2.12. The highest BCUT2D eigenvalue weighted by atomic mass is 16.5. The van der Waals surface area contributed by atoms with E-state index < -0.39 is 0 Å². The van der Waals surface area contributed by atoms with Crippen LogP contribution < -0.4 is 16.0 Å². The van der Waals surface area contributed by atoms with Gasteiger partial charge in [0, 0.05) is 51.2 Å². The molecule has 1 fully saturated rings. The molecule has 0 saturated carbocycles. The summed E-state index contributed by atoms with van der Waals surface area (Å²) in [5.74, 6) is 1.43. The number of amides is 1.